The van der Waals surface area contributed by atoms with Crippen LogP contribution >= 0.6 is 0 Å². The highest BCUT2D eigenvalue weighted by atomic mass is 16.5. The Morgan fingerprint density at radius 2 is 1.57 bits per heavy atom. The summed E-state index contributed by atoms with van der Waals surface area (Å²) < 4.78 is 5.72. The average Bonchev–Trinajstić information content (AvgIpc) is 2.72. The lowest BCUT2D eigenvalue weighted by Crippen LogP contribution is -2.23. The minimum atomic E-state index is -0.672. The molecule has 0 aliphatic heterocycles. The Morgan fingerprint density at radius 3 is 2.29 bits per heavy atom. The molecule has 0 unspecified atom stereocenters. The van der Waals surface area contributed by atoms with E-state index in [1.165, 1.54) is 0 Å². The minimum Gasteiger partial charge on any atom is -0.489 e. The van der Waals surface area contributed by atoms with Crippen LogP contribution in [0.25, 0.3) is 0 Å². The van der Waals surface area contributed by atoms with Crippen molar-refractivity contribution in [1.29, 1.82) is 0 Å². The SMILES string of the molecule is NC(=O)Nc1cccc(C(=O)NCc2ccc(COc3ccccc3)cc2)c1. The zero-order valence-electron chi connectivity index (χ0n) is 15.2. The van der Waals surface area contributed by atoms with Crippen LogP contribution in [0, 0.1) is 0 Å². The summed E-state index contributed by atoms with van der Waals surface area (Å²) in [6.45, 7) is 0.877. The second-order valence-corrected chi connectivity index (χ2v) is 6.17. The quantitative estimate of drug-likeness (QED) is 0.588. The molecular weight excluding hydrogens is 354 g/mol. The van der Waals surface area contributed by atoms with Crippen LogP contribution < -0.4 is 21.1 Å². The van der Waals surface area contributed by atoms with Gasteiger partial charge in [0.25, 0.3) is 5.91 Å². The fourth-order valence-electron chi connectivity index (χ4n) is 2.60. The van der Waals surface area contributed by atoms with Crippen LogP contribution in [0.2, 0.25) is 0 Å². The first-order valence-corrected chi connectivity index (χ1v) is 8.80. The van der Waals surface area contributed by atoms with Gasteiger partial charge in [0, 0.05) is 17.8 Å². The first-order chi connectivity index (χ1) is 13.6. The number of primary amides is 1. The van der Waals surface area contributed by atoms with Crippen molar-refractivity contribution in [3.63, 3.8) is 0 Å². The lowest BCUT2D eigenvalue weighted by molar-refractivity contribution is 0.0951. The molecular formula is C22H21N3O3. The minimum absolute atomic E-state index is 0.232. The van der Waals surface area contributed by atoms with Gasteiger partial charge in [-0.25, -0.2) is 4.79 Å². The van der Waals surface area contributed by atoms with E-state index >= 15 is 0 Å². The van der Waals surface area contributed by atoms with Crippen molar-refractivity contribution in [1.82, 2.24) is 5.32 Å². The number of hydrogen-bond acceptors (Lipinski definition) is 3. The number of nitrogens with one attached hydrogen (secondary N) is 2. The molecule has 0 fully saturated rings. The van der Waals surface area contributed by atoms with Crippen LogP contribution in [0.3, 0.4) is 0 Å². The molecule has 0 heterocycles. The number of rotatable bonds is 7. The summed E-state index contributed by atoms with van der Waals surface area (Å²) in [5.41, 5.74) is 8.03. The van der Waals surface area contributed by atoms with Crippen molar-refractivity contribution in [2.45, 2.75) is 13.2 Å². The van der Waals surface area contributed by atoms with Gasteiger partial charge in [0.05, 0.1) is 0 Å². The third-order valence-corrected chi connectivity index (χ3v) is 4.02. The molecule has 0 saturated heterocycles. The molecule has 3 aromatic carbocycles. The zero-order valence-corrected chi connectivity index (χ0v) is 15.2. The first kappa shape index (κ1) is 19.0. The zero-order chi connectivity index (χ0) is 19.8. The third kappa shape index (κ3) is 5.60. The molecule has 6 heteroatoms. The number of anilines is 1. The molecule has 0 bridgehead atoms. The fraction of sp³-hybridized carbons (Fsp3) is 0.0909. The fourth-order valence-corrected chi connectivity index (χ4v) is 2.60. The van der Waals surface area contributed by atoms with Gasteiger partial charge in [-0.05, 0) is 41.5 Å². The Hall–Kier alpha value is -3.80. The lowest BCUT2D eigenvalue weighted by Gasteiger charge is -2.09. The van der Waals surface area contributed by atoms with Gasteiger partial charge in [0.1, 0.15) is 12.4 Å². The molecule has 0 saturated carbocycles. The molecule has 3 rings (SSSR count). The molecule has 0 spiro atoms. The van der Waals surface area contributed by atoms with Gasteiger partial charge in [-0.15, -0.1) is 0 Å². The van der Waals surface area contributed by atoms with Gasteiger partial charge < -0.3 is 21.1 Å². The summed E-state index contributed by atoms with van der Waals surface area (Å²) in [6, 6.07) is 23.4. The lowest BCUT2D eigenvalue weighted by atomic mass is 10.1. The van der Waals surface area contributed by atoms with E-state index in [0.29, 0.717) is 24.4 Å². The normalized spacial score (nSPS) is 10.1. The van der Waals surface area contributed by atoms with Crippen molar-refractivity contribution in [2.24, 2.45) is 5.73 Å². The largest absolute Gasteiger partial charge is 0.489 e. The van der Waals surface area contributed by atoms with Crippen LogP contribution in [-0.2, 0) is 13.2 Å². The van der Waals surface area contributed by atoms with Crippen LogP contribution in [-0.4, -0.2) is 11.9 Å². The average molecular weight is 375 g/mol. The van der Waals surface area contributed by atoms with Crippen molar-refractivity contribution < 1.29 is 14.3 Å². The van der Waals surface area contributed by atoms with E-state index < -0.39 is 6.03 Å². The van der Waals surface area contributed by atoms with Crippen molar-refractivity contribution >= 4 is 17.6 Å². The van der Waals surface area contributed by atoms with E-state index in [1.54, 1.807) is 24.3 Å². The van der Waals surface area contributed by atoms with Gasteiger partial charge in [-0.2, -0.15) is 0 Å². The number of nitrogens with two attached hydrogens (primary N) is 1. The van der Waals surface area contributed by atoms with Crippen molar-refractivity contribution in [3.05, 3.63) is 95.6 Å². The van der Waals surface area contributed by atoms with E-state index in [4.69, 9.17) is 10.5 Å². The van der Waals surface area contributed by atoms with Gasteiger partial charge >= 0.3 is 6.03 Å². The summed E-state index contributed by atoms with van der Waals surface area (Å²) in [6.07, 6.45) is 0. The molecule has 0 radical (unpaired) electrons. The van der Waals surface area contributed by atoms with E-state index in [1.807, 2.05) is 54.6 Å². The number of benzene rings is 3. The van der Waals surface area contributed by atoms with Crippen LogP contribution in [0.15, 0.2) is 78.9 Å². The maximum Gasteiger partial charge on any atom is 0.316 e. The van der Waals surface area contributed by atoms with Gasteiger partial charge in [0.2, 0.25) is 0 Å². The summed E-state index contributed by atoms with van der Waals surface area (Å²) >= 11 is 0. The molecule has 0 aliphatic rings. The smallest absolute Gasteiger partial charge is 0.316 e. The van der Waals surface area contributed by atoms with Gasteiger partial charge in [-0.1, -0.05) is 48.5 Å². The third-order valence-electron chi connectivity index (χ3n) is 4.02. The number of carbonyl (C=O) groups excluding carboxylic acids is 2. The Labute approximate surface area is 163 Å². The highest BCUT2D eigenvalue weighted by Gasteiger charge is 2.07. The van der Waals surface area contributed by atoms with Crippen molar-refractivity contribution in [2.75, 3.05) is 5.32 Å². The monoisotopic (exact) mass is 375 g/mol. The van der Waals surface area contributed by atoms with Crippen LogP contribution in [0.4, 0.5) is 10.5 Å². The number of urea groups is 1. The second kappa shape index (κ2) is 9.23. The standard InChI is InChI=1S/C22H21N3O3/c23-22(27)25-19-6-4-5-18(13-19)21(26)24-14-16-9-11-17(12-10-16)15-28-20-7-2-1-3-8-20/h1-13H,14-15H2,(H,24,26)(H3,23,25,27). The Kier molecular flexibility index (Phi) is 6.25. The highest BCUT2D eigenvalue weighted by molar-refractivity contribution is 5.96. The van der Waals surface area contributed by atoms with E-state index in [0.717, 1.165) is 16.9 Å². The summed E-state index contributed by atoms with van der Waals surface area (Å²) in [5.74, 6) is 0.594. The Morgan fingerprint density at radius 1 is 0.857 bits per heavy atom. The molecule has 0 aliphatic carbocycles. The maximum atomic E-state index is 12.3. The summed E-state index contributed by atoms with van der Waals surface area (Å²) in [5, 5.41) is 5.31. The van der Waals surface area contributed by atoms with Gasteiger partial charge in [-0.3, -0.25) is 4.79 Å². The van der Waals surface area contributed by atoms with Gasteiger partial charge in [0.15, 0.2) is 0 Å². The molecule has 28 heavy (non-hydrogen) atoms. The van der Waals surface area contributed by atoms with Crippen LogP contribution in [0.1, 0.15) is 21.5 Å². The van der Waals surface area contributed by atoms with E-state index in [-0.39, 0.29) is 5.91 Å². The summed E-state index contributed by atoms with van der Waals surface area (Å²) in [4.78, 5) is 23.2. The molecule has 3 amide bonds. The molecule has 3 aromatic rings. The number of carbonyl (C=O) groups is 2. The molecule has 0 atom stereocenters. The number of hydrogen-bond donors (Lipinski definition) is 3. The highest BCUT2D eigenvalue weighted by Crippen LogP contribution is 2.13. The predicted octanol–water partition coefficient (Wildman–Crippen LogP) is 3.69. The Bertz CT molecular complexity index is 941. The second-order valence-electron chi connectivity index (χ2n) is 6.17. The van der Waals surface area contributed by atoms with Crippen LogP contribution in [0.5, 0.6) is 5.75 Å². The van der Waals surface area contributed by atoms with Crippen molar-refractivity contribution in [3.8, 4) is 5.75 Å². The Balaban J connectivity index is 1.51. The van der Waals surface area contributed by atoms with E-state index in [9.17, 15) is 9.59 Å². The topological polar surface area (TPSA) is 93.5 Å². The van der Waals surface area contributed by atoms with E-state index in [2.05, 4.69) is 10.6 Å². The number of para-hydroxylation sites is 1. The predicted molar refractivity (Wildman–Crippen MR) is 108 cm³/mol. The molecule has 142 valence electrons. The molecule has 0 aromatic heterocycles. The summed E-state index contributed by atoms with van der Waals surface area (Å²) in [7, 11) is 0. The number of ether oxygens (including phenoxy) is 1. The number of amides is 3. The maximum absolute atomic E-state index is 12.3. The first-order valence-electron chi connectivity index (χ1n) is 8.80. The molecule has 4 N–H and O–H groups in total. The molecule has 6 nitrogen and oxygen atoms in total.